The summed E-state index contributed by atoms with van der Waals surface area (Å²) < 4.78 is 7.92. The van der Waals surface area contributed by atoms with E-state index in [0.29, 0.717) is 22.0 Å². The van der Waals surface area contributed by atoms with E-state index in [1.165, 1.54) is 9.20 Å². The van der Waals surface area contributed by atoms with Gasteiger partial charge in [0.25, 0.3) is 11.3 Å². The van der Waals surface area contributed by atoms with Gasteiger partial charge in [0.15, 0.2) is 0 Å². The maximum Gasteiger partial charge on any atom is 0.296 e. The molecule has 168 valence electrons. The minimum atomic E-state index is -0.496. The van der Waals surface area contributed by atoms with Crippen molar-refractivity contribution in [3.8, 4) is 11.4 Å². The average Bonchev–Trinajstić information content (AvgIpc) is 3.23. The molecule has 0 amide bonds. The van der Waals surface area contributed by atoms with Crippen LogP contribution in [0.25, 0.3) is 11.5 Å². The molecule has 0 aliphatic rings. The number of carbonyl (C=O) groups is 1. The van der Waals surface area contributed by atoms with Crippen LogP contribution in [0.1, 0.15) is 27.4 Å². The van der Waals surface area contributed by atoms with E-state index in [0.717, 1.165) is 5.56 Å². The summed E-state index contributed by atoms with van der Waals surface area (Å²) in [6.45, 7) is 0. The number of methoxy groups -OCH3 is 1. The van der Waals surface area contributed by atoms with Crippen molar-refractivity contribution in [1.82, 2.24) is 24.4 Å². The summed E-state index contributed by atoms with van der Waals surface area (Å²) in [4.78, 5) is 30.4. The molecule has 0 saturated carbocycles. The average molecular weight is 472 g/mol. The minimum absolute atomic E-state index is 0.0413. The number of halogens is 1. The third-order valence-electron chi connectivity index (χ3n) is 5.28. The maximum atomic E-state index is 13.3. The fourth-order valence-electron chi connectivity index (χ4n) is 3.54. The number of benzene rings is 3. The predicted octanol–water partition coefficient (Wildman–Crippen LogP) is 3.76. The monoisotopic (exact) mass is 471 g/mol. The van der Waals surface area contributed by atoms with Crippen LogP contribution in [0.2, 0.25) is 5.02 Å². The van der Waals surface area contributed by atoms with E-state index < -0.39 is 5.56 Å². The van der Waals surface area contributed by atoms with Gasteiger partial charge in [-0.15, -0.1) is 5.10 Å². The van der Waals surface area contributed by atoms with Gasteiger partial charge >= 0.3 is 0 Å². The van der Waals surface area contributed by atoms with E-state index in [9.17, 15) is 9.59 Å². The summed E-state index contributed by atoms with van der Waals surface area (Å²) in [5, 5.41) is 9.53. The Hall–Kier alpha value is -4.30. The number of hydrogen-bond acceptors (Lipinski definition) is 6. The van der Waals surface area contributed by atoms with Gasteiger partial charge in [0, 0.05) is 17.0 Å². The maximum absolute atomic E-state index is 13.3. The molecule has 0 bridgehead atoms. The Bertz CT molecular complexity index is 1540. The van der Waals surface area contributed by atoms with E-state index in [-0.39, 0.29) is 29.5 Å². The number of hydrogen-bond donors (Lipinski definition) is 0. The lowest BCUT2D eigenvalue weighted by Crippen LogP contribution is -2.21. The van der Waals surface area contributed by atoms with E-state index in [1.54, 1.807) is 55.6 Å². The zero-order chi connectivity index (χ0) is 23.7. The number of nitrogens with zero attached hydrogens (tertiary/aromatic N) is 5. The molecule has 0 spiro atoms. The smallest absolute Gasteiger partial charge is 0.296 e. The molecule has 0 fully saturated rings. The first kappa shape index (κ1) is 21.5. The molecule has 9 heteroatoms. The normalized spacial score (nSPS) is 11.0. The largest absolute Gasteiger partial charge is 0.497 e. The van der Waals surface area contributed by atoms with Crippen molar-refractivity contribution in [3.05, 3.63) is 117 Å². The Kier molecular flexibility index (Phi) is 5.65. The van der Waals surface area contributed by atoms with Crippen molar-refractivity contribution < 1.29 is 9.53 Å². The van der Waals surface area contributed by atoms with E-state index in [1.807, 2.05) is 30.3 Å². The molecule has 3 aromatic carbocycles. The SMILES string of the molecule is COc1ccc(Cc2nn3c(C(=O)c4ccccc4)nn(-c4ccc(Cl)cc4)c3nc2=O)cc1. The molecule has 2 aromatic heterocycles. The van der Waals surface area contributed by atoms with Crippen molar-refractivity contribution in [1.29, 1.82) is 0 Å². The number of rotatable bonds is 6. The third kappa shape index (κ3) is 4.06. The van der Waals surface area contributed by atoms with Gasteiger partial charge in [-0.05, 0) is 42.0 Å². The Balaban J connectivity index is 1.67. The Labute approximate surface area is 199 Å². The second kappa shape index (κ2) is 8.92. The highest BCUT2D eigenvalue weighted by Crippen LogP contribution is 2.18. The van der Waals surface area contributed by atoms with Gasteiger partial charge in [0.05, 0.1) is 12.8 Å². The van der Waals surface area contributed by atoms with E-state index in [4.69, 9.17) is 16.3 Å². The zero-order valence-corrected chi connectivity index (χ0v) is 18.8. The van der Waals surface area contributed by atoms with Crippen LogP contribution >= 0.6 is 11.6 Å². The van der Waals surface area contributed by atoms with Crippen LogP contribution in [0, 0.1) is 0 Å². The standard InChI is InChI=1S/C25H18ClN5O3/c1-34-20-13-7-16(8-14-20)15-21-24(33)27-25-30(19-11-9-18(26)10-12-19)29-23(31(25)28-21)22(32)17-5-3-2-4-6-17/h2-14H,15H2,1H3. The number of ether oxygens (including phenoxy) is 1. The molecule has 0 atom stereocenters. The molecular weight excluding hydrogens is 454 g/mol. The number of carbonyl (C=O) groups excluding carboxylic acids is 1. The number of fused-ring (bicyclic) bond motifs is 1. The van der Waals surface area contributed by atoms with Crippen molar-refractivity contribution in [2.45, 2.75) is 6.42 Å². The molecule has 0 aliphatic heterocycles. The lowest BCUT2D eigenvalue weighted by Gasteiger charge is -2.05. The van der Waals surface area contributed by atoms with Gasteiger partial charge in [-0.3, -0.25) is 9.59 Å². The van der Waals surface area contributed by atoms with Crippen LogP contribution in [-0.4, -0.2) is 37.3 Å². The van der Waals surface area contributed by atoms with E-state index >= 15 is 0 Å². The zero-order valence-electron chi connectivity index (χ0n) is 18.1. The second-order valence-corrected chi connectivity index (χ2v) is 7.94. The first-order chi connectivity index (χ1) is 16.5. The number of ketones is 1. The van der Waals surface area contributed by atoms with Crippen LogP contribution in [0.15, 0.2) is 83.7 Å². The van der Waals surface area contributed by atoms with Crippen LogP contribution in [0.5, 0.6) is 5.75 Å². The summed E-state index contributed by atoms with van der Waals surface area (Å²) in [5.41, 5.74) is 1.59. The number of aromatic nitrogens is 5. The molecule has 0 radical (unpaired) electrons. The van der Waals surface area contributed by atoms with Crippen LogP contribution < -0.4 is 10.3 Å². The first-order valence-electron chi connectivity index (χ1n) is 10.4. The second-order valence-electron chi connectivity index (χ2n) is 7.51. The van der Waals surface area contributed by atoms with Gasteiger partial charge in [-0.25, -0.2) is 0 Å². The minimum Gasteiger partial charge on any atom is -0.497 e. The molecule has 2 heterocycles. The third-order valence-corrected chi connectivity index (χ3v) is 5.54. The van der Waals surface area contributed by atoms with Crippen molar-refractivity contribution in [3.63, 3.8) is 0 Å². The summed E-state index contributed by atoms with van der Waals surface area (Å²) in [5.74, 6) is 0.540. The van der Waals surface area contributed by atoms with Crippen molar-refractivity contribution in [2.24, 2.45) is 0 Å². The van der Waals surface area contributed by atoms with Crippen LogP contribution in [-0.2, 0) is 6.42 Å². The fraction of sp³-hybridized carbons (Fsp3) is 0.0800. The Morgan fingerprint density at radius 2 is 1.65 bits per heavy atom. The Morgan fingerprint density at radius 3 is 2.32 bits per heavy atom. The molecular formula is C25H18ClN5O3. The van der Waals surface area contributed by atoms with Gasteiger partial charge in [0.2, 0.25) is 11.6 Å². The predicted molar refractivity (Wildman–Crippen MR) is 127 cm³/mol. The summed E-state index contributed by atoms with van der Waals surface area (Å²) in [7, 11) is 1.59. The summed E-state index contributed by atoms with van der Waals surface area (Å²) >= 11 is 6.02. The first-order valence-corrected chi connectivity index (χ1v) is 10.8. The highest BCUT2D eigenvalue weighted by Gasteiger charge is 2.23. The molecule has 0 aliphatic carbocycles. The van der Waals surface area contributed by atoms with Crippen LogP contribution in [0.3, 0.4) is 0 Å². The highest BCUT2D eigenvalue weighted by molar-refractivity contribution is 6.30. The lowest BCUT2D eigenvalue weighted by atomic mass is 10.1. The summed E-state index contributed by atoms with van der Waals surface area (Å²) in [6.07, 6.45) is 0.240. The van der Waals surface area contributed by atoms with Gasteiger partial charge in [-0.2, -0.15) is 19.3 Å². The molecule has 5 rings (SSSR count). The van der Waals surface area contributed by atoms with Gasteiger partial charge < -0.3 is 4.74 Å². The summed E-state index contributed by atoms with van der Waals surface area (Å²) in [6, 6.07) is 22.9. The topological polar surface area (TPSA) is 91.4 Å². The molecule has 34 heavy (non-hydrogen) atoms. The van der Waals surface area contributed by atoms with Crippen LogP contribution in [0.4, 0.5) is 0 Å². The molecule has 0 N–H and O–H groups in total. The fourth-order valence-corrected chi connectivity index (χ4v) is 3.66. The van der Waals surface area contributed by atoms with Crippen molar-refractivity contribution >= 4 is 23.2 Å². The lowest BCUT2D eigenvalue weighted by molar-refractivity contribution is 0.102. The quantitative estimate of drug-likeness (QED) is 0.350. The highest BCUT2D eigenvalue weighted by atomic mass is 35.5. The van der Waals surface area contributed by atoms with Crippen molar-refractivity contribution in [2.75, 3.05) is 7.11 Å². The van der Waals surface area contributed by atoms with Gasteiger partial charge in [-0.1, -0.05) is 54.1 Å². The molecule has 8 nitrogen and oxygen atoms in total. The Morgan fingerprint density at radius 1 is 0.941 bits per heavy atom. The molecule has 5 aromatic rings. The van der Waals surface area contributed by atoms with Gasteiger partial charge in [0.1, 0.15) is 11.4 Å². The molecule has 0 unspecified atom stereocenters. The van der Waals surface area contributed by atoms with E-state index in [2.05, 4.69) is 15.2 Å². The molecule has 0 saturated heterocycles.